The second kappa shape index (κ2) is 5.47. The van der Waals surface area contributed by atoms with Crippen LogP contribution < -0.4 is 5.32 Å². The van der Waals surface area contributed by atoms with E-state index in [1.807, 2.05) is 0 Å². The Kier molecular flexibility index (Phi) is 3.66. The van der Waals surface area contributed by atoms with Gasteiger partial charge >= 0.3 is 0 Å². The van der Waals surface area contributed by atoms with Crippen LogP contribution in [-0.2, 0) is 0 Å². The number of nitrogens with one attached hydrogen (secondary N) is 1. The van der Waals surface area contributed by atoms with Crippen LogP contribution in [0.4, 0.5) is 10.2 Å². The molecule has 1 N–H and O–H groups in total. The monoisotopic (exact) mass is 321 g/mol. The molecule has 0 spiro atoms. The maximum Gasteiger partial charge on any atom is 0.163 e. The van der Waals surface area contributed by atoms with Gasteiger partial charge in [0.1, 0.15) is 11.6 Å². The fraction of sp³-hybridized carbons (Fsp3) is 0.0667. The van der Waals surface area contributed by atoms with Crippen LogP contribution >= 0.6 is 23.2 Å². The Balaban J connectivity index is 2.29. The summed E-state index contributed by atoms with van der Waals surface area (Å²) in [5, 5.41) is 4.39. The quantitative estimate of drug-likeness (QED) is 0.737. The summed E-state index contributed by atoms with van der Waals surface area (Å²) in [6.45, 7) is 0. The maximum atomic E-state index is 13.6. The zero-order valence-electron chi connectivity index (χ0n) is 11.0. The van der Waals surface area contributed by atoms with Crippen LogP contribution in [0.15, 0.2) is 36.4 Å². The summed E-state index contributed by atoms with van der Waals surface area (Å²) in [6.07, 6.45) is 0. The zero-order chi connectivity index (χ0) is 15.0. The van der Waals surface area contributed by atoms with Gasteiger partial charge in [-0.25, -0.2) is 14.4 Å². The molecule has 1 aromatic heterocycles. The minimum Gasteiger partial charge on any atom is -0.373 e. The minimum atomic E-state index is -0.500. The van der Waals surface area contributed by atoms with Gasteiger partial charge in [-0.1, -0.05) is 29.3 Å². The van der Waals surface area contributed by atoms with Crippen molar-refractivity contribution >= 4 is 39.9 Å². The predicted octanol–water partition coefficient (Wildman–Crippen LogP) is 4.78. The zero-order valence-corrected chi connectivity index (χ0v) is 12.5. The number of hydrogen-bond acceptors (Lipinski definition) is 3. The standard InChI is InChI=1S/C15H10Cl2FN3/c1-19-14-10-7-8(16)5-6-12(10)20-15(21-14)9-3-2-4-11(18)13(9)17/h2-7H,1H3,(H,19,20,21). The van der Waals surface area contributed by atoms with E-state index in [-0.39, 0.29) is 5.02 Å². The molecule has 21 heavy (non-hydrogen) atoms. The number of hydrogen-bond donors (Lipinski definition) is 1. The van der Waals surface area contributed by atoms with Gasteiger partial charge in [0, 0.05) is 23.0 Å². The molecule has 0 aliphatic rings. The highest BCUT2D eigenvalue weighted by atomic mass is 35.5. The topological polar surface area (TPSA) is 37.8 Å². The van der Waals surface area contributed by atoms with Crippen LogP contribution in [0.1, 0.15) is 0 Å². The lowest BCUT2D eigenvalue weighted by Crippen LogP contribution is -1.99. The second-order valence-corrected chi connectivity index (χ2v) is 5.22. The molecule has 0 saturated carbocycles. The smallest absolute Gasteiger partial charge is 0.163 e. The molecule has 0 bridgehead atoms. The van der Waals surface area contributed by atoms with E-state index in [2.05, 4.69) is 15.3 Å². The minimum absolute atomic E-state index is 0.00728. The fourth-order valence-electron chi connectivity index (χ4n) is 2.09. The van der Waals surface area contributed by atoms with E-state index in [0.717, 1.165) is 5.39 Å². The van der Waals surface area contributed by atoms with Gasteiger partial charge in [0.2, 0.25) is 0 Å². The number of aromatic nitrogens is 2. The Bertz CT molecular complexity index is 837. The van der Waals surface area contributed by atoms with Crippen LogP contribution in [0.2, 0.25) is 10.0 Å². The number of halogens is 3. The predicted molar refractivity (Wildman–Crippen MR) is 84.5 cm³/mol. The summed E-state index contributed by atoms with van der Waals surface area (Å²) >= 11 is 12.0. The molecule has 0 aliphatic heterocycles. The van der Waals surface area contributed by atoms with Gasteiger partial charge in [-0.2, -0.15) is 0 Å². The van der Waals surface area contributed by atoms with Crippen LogP contribution in [0.25, 0.3) is 22.3 Å². The summed E-state index contributed by atoms with van der Waals surface area (Å²) in [7, 11) is 1.75. The molecule has 2 aromatic carbocycles. The van der Waals surface area contributed by atoms with Crippen molar-refractivity contribution in [3.8, 4) is 11.4 Å². The number of anilines is 1. The van der Waals surface area contributed by atoms with Gasteiger partial charge in [0.25, 0.3) is 0 Å². The average Bonchev–Trinajstić information content (AvgIpc) is 2.49. The third-order valence-electron chi connectivity index (χ3n) is 3.09. The van der Waals surface area contributed by atoms with E-state index in [1.165, 1.54) is 6.07 Å². The van der Waals surface area contributed by atoms with Gasteiger partial charge in [-0.3, -0.25) is 0 Å². The molecule has 3 nitrogen and oxygen atoms in total. The van der Waals surface area contributed by atoms with E-state index >= 15 is 0 Å². The van der Waals surface area contributed by atoms with Crippen LogP contribution in [0.5, 0.6) is 0 Å². The first-order valence-corrected chi connectivity index (χ1v) is 6.95. The molecule has 0 saturated heterocycles. The highest BCUT2D eigenvalue weighted by molar-refractivity contribution is 6.33. The molecule has 0 fully saturated rings. The summed E-state index contributed by atoms with van der Waals surface area (Å²) < 4.78 is 13.6. The molecular weight excluding hydrogens is 312 g/mol. The SMILES string of the molecule is CNc1nc(-c2cccc(F)c2Cl)nc2ccc(Cl)cc12. The largest absolute Gasteiger partial charge is 0.373 e. The summed E-state index contributed by atoms with van der Waals surface area (Å²) in [5.74, 6) is 0.469. The Hall–Kier alpha value is -1.91. The lowest BCUT2D eigenvalue weighted by Gasteiger charge is -2.09. The Morgan fingerprint density at radius 2 is 1.90 bits per heavy atom. The van der Waals surface area contributed by atoms with Gasteiger partial charge in [0.15, 0.2) is 5.82 Å². The molecule has 6 heteroatoms. The molecule has 3 rings (SSSR count). The van der Waals surface area contributed by atoms with E-state index < -0.39 is 5.82 Å². The molecule has 0 atom stereocenters. The first kappa shape index (κ1) is 14.0. The van der Waals surface area contributed by atoms with Crippen molar-refractivity contribution in [1.29, 1.82) is 0 Å². The first-order valence-electron chi connectivity index (χ1n) is 6.19. The molecule has 3 aromatic rings. The highest BCUT2D eigenvalue weighted by Crippen LogP contribution is 2.31. The van der Waals surface area contributed by atoms with Crippen LogP contribution in [0, 0.1) is 5.82 Å². The van der Waals surface area contributed by atoms with Crippen molar-refractivity contribution in [2.45, 2.75) is 0 Å². The molecule has 106 valence electrons. The van der Waals surface area contributed by atoms with Crippen LogP contribution in [-0.4, -0.2) is 17.0 Å². The number of benzene rings is 2. The molecular formula is C15H10Cl2FN3. The van der Waals surface area contributed by atoms with Crippen molar-refractivity contribution < 1.29 is 4.39 Å². The average molecular weight is 322 g/mol. The molecule has 0 aliphatic carbocycles. The van der Waals surface area contributed by atoms with Crippen molar-refractivity contribution in [1.82, 2.24) is 9.97 Å². The van der Waals surface area contributed by atoms with E-state index in [0.29, 0.717) is 27.7 Å². The number of nitrogens with zero attached hydrogens (tertiary/aromatic N) is 2. The summed E-state index contributed by atoms with van der Waals surface area (Å²) in [4.78, 5) is 8.84. The van der Waals surface area contributed by atoms with E-state index in [4.69, 9.17) is 23.2 Å². The number of fused-ring (bicyclic) bond motifs is 1. The highest BCUT2D eigenvalue weighted by Gasteiger charge is 2.13. The Morgan fingerprint density at radius 1 is 1.10 bits per heavy atom. The molecule has 0 amide bonds. The van der Waals surface area contributed by atoms with Gasteiger partial charge in [-0.15, -0.1) is 0 Å². The fourth-order valence-corrected chi connectivity index (χ4v) is 2.47. The third kappa shape index (κ3) is 2.52. The summed E-state index contributed by atoms with van der Waals surface area (Å²) in [6, 6.07) is 9.86. The summed E-state index contributed by atoms with van der Waals surface area (Å²) in [5.41, 5.74) is 1.15. The maximum absolute atomic E-state index is 13.6. The third-order valence-corrected chi connectivity index (χ3v) is 3.71. The van der Waals surface area contributed by atoms with Crippen LogP contribution in [0.3, 0.4) is 0 Å². The molecule has 1 heterocycles. The van der Waals surface area contributed by atoms with Gasteiger partial charge in [0.05, 0.1) is 10.5 Å². The lowest BCUT2D eigenvalue weighted by molar-refractivity contribution is 0.628. The molecule has 0 unspecified atom stereocenters. The normalized spacial score (nSPS) is 10.9. The Morgan fingerprint density at radius 3 is 2.67 bits per heavy atom. The lowest BCUT2D eigenvalue weighted by atomic mass is 10.1. The molecule has 0 radical (unpaired) electrons. The number of rotatable bonds is 2. The first-order chi connectivity index (χ1) is 10.1. The van der Waals surface area contributed by atoms with E-state index in [9.17, 15) is 4.39 Å². The second-order valence-electron chi connectivity index (χ2n) is 4.41. The van der Waals surface area contributed by atoms with Gasteiger partial charge in [-0.05, 0) is 30.3 Å². The Labute approximate surface area is 130 Å². The van der Waals surface area contributed by atoms with Crippen molar-refractivity contribution in [3.05, 3.63) is 52.3 Å². The van der Waals surface area contributed by atoms with E-state index in [1.54, 1.807) is 37.4 Å². The van der Waals surface area contributed by atoms with Crippen molar-refractivity contribution in [2.24, 2.45) is 0 Å². The van der Waals surface area contributed by atoms with Crippen molar-refractivity contribution in [2.75, 3.05) is 12.4 Å². The van der Waals surface area contributed by atoms with Gasteiger partial charge < -0.3 is 5.32 Å². The van der Waals surface area contributed by atoms with Crippen molar-refractivity contribution in [3.63, 3.8) is 0 Å².